The first kappa shape index (κ1) is 24.3. The average Bonchev–Trinajstić information content (AvgIpc) is 3.54. The number of amides is 2. The summed E-state index contributed by atoms with van der Waals surface area (Å²) in [5.74, 6) is -1.96. The fourth-order valence-electron chi connectivity index (χ4n) is 6.59. The van der Waals surface area contributed by atoms with Gasteiger partial charge in [0.1, 0.15) is 5.75 Å². The fourth-order valence-corrected chi connectivity index (χ4v) is 6.59. The number of rotatable bonds is 7. The summed E-state index contributed by atoms with van der Waals surface area (Å²) in [4.78, 5) is 66.0. The van der Waals surface area contributed by atoms with E-state index in [4.69, 9.17) is 13.9 Å². The molecule has 2 heterocycles. The number of benzene rings is 2. The molecule has 2 aromatic carbocycles. The number of ketones is 1. The zero-order chi connectivity index (χ0) is 27.5. The summed E-state index contributed by atoms with van der Waals surface area (Å²) in [6, 6.07) is 15.1. The van der Waals surface area contributed by atoms with Crippen LogP contribution in [0.25, 0.3) is 0 Å². The van der Waals surface area contributed by atoms with Gasteiger partial charge in [0.15, 0.2) is 12.4 Å². The number of hydrogen-bond acceptors (Lipinski definition) is 8. The molecule has 1 aliphatic heterocycles. The highest BCUT2D eigenvalue weighted by Crippen LogP contribution is 2.65. The number of carbonyl (C=O) groups is 5. The van der Waals surface area contributed by atoms with Crippen LogP contribution >= 0.6 is 0 Å². The van der Waals surface area contributed by atoms with Crippen LogP contribution in [0.4, 0.5) is 5.69 Å². The molecule has 200 valence electrons. The summed E-state index contributed by atoms with van der Waals surface area (Å²) in [6.45, 7) is -0.552. The number of esters is 2. The van der Waals surface area contributed by atoms with Gasteiger partial charge in [-0.25, -0.2) is 14.5 Å². The molecule has 6 unspecified atom stereocenters. The number of furan rings is 1. The van der Waals surface area contributed by atoms with Crippen LogP contribution in [0.1, 0.15) is 37.7 Å². The Morgan fingerprint density at radius 1 is 0.825 bits per heavy atom. The van der Waals surface area contributed by atoms with Crippen LogP contribution in [0.15, 0.2) is 83.5 Å². The zero-order valence-electron chi connectivity index (χ0n) is 21.1. The number of para-hydroxylation sites is 1. The Balaban J connectivity index is 1.03. The van der Waals surface area contributed by atoms with E-state index in [9.17, 15) is 24.0 Å². The van der Waals surface area contributed by atoms with Crippen LogP contribution in [0, 0.1) is 35.5 Å². The first-order valence-corrected chi connectivity index (χ1v) is 13.1. The van der Waals surface area contributed by atoms with Crippen molar-refractivity contribution in [3.8, 4) is 5.75 Å². The summed E-state index contributed by atoms with van der Waals surface area (Å²) in [6.07, 6.45) is 6.60. The molecule has 0 N–H and O–H groups in total. The van der Waals surface area contributed by atoms with E-state index in [0.29, 0.717) is 11.8 Å². The largest absolute Gasteiger partial charge is 0.457 e. The van der Waals surface area contributed by atoms with Crippen molar-refractivity contribution in [1.29, 1.82) is 0 Å². The molecule has 40 heavy (non-hydrogen) atoms. The summed E-state index contributed by atoms with van der Waals surface area (Å²) in [5, 5.41) is 0. The molecule has 3 fully saturated rings. The molecule has 2 amide bonds. The van der Waals surface area contributed by atoms with Gasteiger partial charge in [0.05, 0.1) is 29.3 Å². The molecule has 4 aliphatic carbocycles. The van der Waals surface area contributed by atoms with E-state index in [-0.39, 0.29) is 52.0 Å². The Morgan fingerprint density at radius 3 is 2.15 bits per heavy atom. The topological polar surface area (TPSA) is 120 Å². The molecular formula is C31H23NO8. The van der Waals surface area contributed by atoms with Crippen molar-refractivity contribution in [2.24, 2.45) is 35.5 Å². The Hall–Kier alpha value is -4.79. The molecule has 9 heteroatoms. The number of imide groups is 1. The molecule has 2 saturated carbocycles. The van der Waals surface area contributed by atoms with Gasteiger partial charge in [-0.1, -0.05) is 24.3 Å². The molecule has 0 spiro atoms. The Labute approximate surface area is 228 Å². The minimum absolute atomic E-state index is 0.0429. The van der Waals surface area contributed by atoms with Crippen LogP contribution in [-0.4, -0.2) is 36.1 Å². The second-order valence-corrected chi connectivity index (χ2v) is 10.6. The molecule has 1 aromatic heterocycles. The van der Waals surface area contributed by atoms with Crippen molar-refractivity contribution in [1.82, 2.24) is 0 Å². The lowest BCUT2D eigenvalue weighted by atomic mass is 9.63. The van der Waals surface area contributed by atoms with Crippen LogP contribution in [0.3, 0.4) is 0 Å². The van der Waals surface area contributed by atoms with E-state index in [1.165, 1.54) is 42.7 Å². The summed E-state index contributed by atoms with van der Waals surface area (Å²) >= 11 is 0. The van der Waals surface area contributed by atoms with E-state index in [1.54, 1.807) is 24.3 Å². The zero-order valence-corrected chi connectivity index (χ0v) is 21.1. The van der Waals surface area contributed by atoms with Crippen LogP contribution < -0.4 is 9.64 Å². The predicted molar refractivity (Wildman–Crippen MR) is 138 cm³/mol. The minimum atomic E-state index is -0.813. The highest BCUT2D eigenvalue weighted by molar-refractivity contribution is 6.24. The summed E-state index contributed by atoms with van der Waals surface area (Å²) in [7, 11) is 0. The van der Waals surface area contributed by atoms with Gasteiger partial charge in [-0.2, -0.15) is 0 Å². The van der Waals surface area contributed by atoms with Gasteiger partial charge in [0.25, 0.3) is 0 Å². The molecule has 3 aromatic rings. The van der Waals surface area contributed by atoms with Crippen molar-refractivity contribution < 1.29 is 37.9 Å². The van der Waals surface area contributed by atoms with Gasteiger partial charge < -0.3 is 13.9 Å². The van der Waals surface area contributed by atoms with E-state index in [2.05, 4.69) is 12.2 Å². The molecular weight excluding hydrogens is 514 g/mol. The first-order chi connectivity index (χ1) is 19.4. The number of ether oxygens (including phenoxy) is 2. The Bertz CT molecular complexity index is 1550. The normalized spacial score (nSPS) is 27.2. The maximum Gasteiger partial charge on any atom is 0.379 e. The SMILES string of the molecule is O=C(COC(=O)c1ccccc1N1C(=O)C2C3C=CC(C4CC34)C2C1=O)c1ccc(OC(=O)c2ccco2)cc1. The summed E-state index contributed by atoms with van der Waals surface area (Å²) < 4.78 is 15.5. The molecule has 0 radical (unpaired) electrons. The first-order valence-electron chi connectivity index (χ1n) is 13.1. The van der Waals surface area contributed by atoms with Gasteiger partial charge in [0.2, 0.25) is 17.6 Å². The van der Waals surface area contributed by atoms with Gasteiger partial charge in [-0.05, 0) is 78.6 Å². The predicted octanol–water partition coefficient (Wildman–Crippen LogP) is 4.10. The van der Waals surface area contributed by atoms with Crippen molar-refractivity contribution in [2.75, 3.05) is 11.5 Å². The maximum atomic E-state index is 13.5. The highest BCUT2D eigenvalue weighted by Gasteiger charge is 2.67. The molecule has 2 bridgehead atoms. The van der Waals surface area contributed by atoms with E-state index >= 15 is 0 Å². The number of hydrogen-bond donors (Lipinski definition) is 0. The smallest absolute Gasteiger partial charge is 0.379 e. The van der Waals surface area contributed by atoms with Crippen molar-refractivity contribution in [3.05, 3.63) is 96.0 Å². The Morgan fingerprint density at radius 2 is 1.50 bits per heavy atom. The lowest BCUT2D eigenvalue weighted by molar-refractivity contribution is -0.124. The third-order valence-electron chi connectivity index (χ3n) is 8.47. The lowest BCUT2D eigenvalue weighted by Gasteiger charge is -2.37. The monoisotopic (exact) mass is 537 g/mol. The van der Waals surface area contributed by atoms with E-state index in [1.807, 2.05) is 0 Å². The van der Waals surface area contributed by atoms with Crippen LogP contribution in [-0.2, 0) is 14.3 Å². The maximum absolute atomic E-state index is 13.5. The molecule has 5 aliphatic rings. The quantitative estimate of drug-likeness (QED) is 0.145. The van der Waals surface area contributed by atoms with E-state index < -0.39 is 36.2 Å². The molecule has 1 saturated heterocycles. The standard InChI is InChI=1S/C31H23NO8/c33-24(16-7-9-17(10-8-16)40-31(37)25-6-3-13-38-25)15-39-30(36)20-4-1-2-5-23(20)32-28(34)26-18-11-12-19(22-14-21(18)22)27(26)29(32)35/h1-13,18-19,21-22,26-27H,14-15H2. The van der Waals surface area contributed by atoms with Gasteiger partial charge in [0, 0.05) is 5.56 Å². The number of anilines is 1. The average molecular weight is 538 g/mol. The van der Waals surface area contributed by atoms with Gasteiger partial charge in [-0.15, -0.1) is 0 Å². The van der Waals surface area contributed by atoms with Crippen molar-refractivity contribution >= 4 is 35.2 Å². The van der Waals surface area contributed by atoms with Gasteiger partial charge >= 0.3 is 11.9 Å². The summed E-state index contributed by atoms with van der Waals surface area (Å²) in [5.41, 5.74) is 0.468. The number of carbonyl (C=O) groups excluding carboxylic acids is 5. The third-order valence-corrected chi connectivity index (χ3v) is 8.47. The fraction of sp³-hybridized carbons (Fsp3) is 0.258. The van der Waals surface area contributed by atoms with Crippen molar-refractivity contribution in [3.63, 3.8) is 0 Å². The lowest BCUT2D eigenvalue weighted by Crippen LogP contribution is -2.40. The molecule has 8 rings (SSSR count). The molecule has 9 nitrogen and oxygen atoms in total. The van der Waals surface area contributed by atoms with Crippen molar-refractivity contribution in [2.45, 2.75) is 6.42 Å². The number of Topliss-reactive ketones (excluding diaryl/α,β-unsaturated/α-hetero) is 1. The van der Waals surface area contributed by atoms with Crippen LogP contribution in [0.2, 0.25) is 0 Å². The Kier molecular flexibility index (Phi) is 5.55. The van der Waals surface area contributed by atoms with Gasteiger partial charge in [-0.3, -0.25) is 14.4 Å². The second kappa shape index (κ2) is 9.15. The third kappa shape index (κ3) is 3.80. The second-order valence-electron chi connectivity index (χ2n) is 10.6. The number of nitrogens with zero attached hydrogens (tertiary/aromatic N) is 1. The number of allylic oxidation sites excluding steroid dienone is 2. The highest BCUT2D eigenvalue weighted by atomic mass is 16.5. The van der Waals surface area contributed by atoms with Crippen LogP contribution in [0.5, 0.6) is 5.75 Å². The van der Waals surface area contributed by atoms with E-state index in [0.717, 1.165) is 11.3 Å². The minimum Gasteiger partial charge on any atom is -0.457 e. The molecule has 6 atom stereocenters.